The van der Waals surface area contributed by atoms with E-state index in [1.807, 2.05) is 84.9 Å². The van der Waals surface area contributed by atoms with Crippen molar-refractivity contribution in [3.8, 4) is 11.1 Å². The smallest absolute Gasteiger partial charge is 0.407 e. The molecule has 0 spiro atoms. The van der Waals surface area contributed by atoms with Gasteiger partial charge in [-0.1, -0.05) is 72.8 Å². The molecule has 1 atom stereocenters. The van der Waals surface area contributed by atoms with Gasteiger partial charge in [-0.25, -0.2) is 4.79 Å². The van der Waals surface area contributed by atoms with Crippen molar-refractivity contribution in [1.29, 1.82) is 0 Å². The van der Waals surface area contributed by atoms with Gasteiger partial charge in [0, 0.05) is 5.69 Å². The van der Waals surface area contributed by atoms with E-state index in [1.165, 1.54) is 0 Å². The maximum Gasteiger partial charge on any atom is 0.407 e. The Hall–Kier alpha value is -3.60. The average Bonchev–Trinajstić information content (AvgIpc) is 2.75. The van der Waals surface area contributed by atoms with Gasteiger partial charge in [0.15, 0.2) is 0 Å². The Labute approximate surface area is 170 Å². The van der Waals surface area contributed by atoms with E-state index in [0.29, 0.717) is 5.69 Å². The van der Waals surface area contributed by atoms with Gasteiger partial charge in [0.05, 0.1) is 19.1 Å². The van der Waals surface area contributed by atoms with Crippen LogP contribution in [0.15, 0.2) is 84.9 Å². The Morgan fingerprint density at radius 1 is 0.828 bits per heavy atom. The Morgan fingerprint density at radius 2 is 1.41 bits per heavy atom. The minimum absolute atomic E-state index is 0.100. The van der Waals surface area contributed by atoms with Crippen molar-refractivity contribution in [2.24, 2.45) is 0 Å². The Bertz CT molecular complexity index is 925. The van der Waals surface area contributed by atoms with Gasteiger partial charge in [-0.05, 0) is 35.7 Å². The first-order valence-electron chi connectivity index (χ1n) is 9.59. The SMILES string of the molecule is CCOC(=O)N[C@@H](CC(=O)Nc1ccc(-c2ccccc2)cc1)c1ccccc1. The van der Waals surface area contributed by atoms with Crippen LogP contribution >= 0.6 is 0 Å². The van der Waals surface area contributed by atoms with Gasteiger partial charge < -0.3 is 15.4 Å². The van der Waals surface area contributed by atoms with Crippen LogP contribution in [0.2, 0.25) is 0 Å². The van der Waals surface area contributed by atoms with Crippen molar-refractivity contribution in [2.75, 3.05) is 11.9 Å². The molecule has 148 valence electrons. The van der Waals surface area contributed by atoms with E-state index in [9.17, 15) is 9.59 Å². The van der Waals surface area contributed by atoms with E-state index >= 15 is 0 Å². The molecule has 0 saturated heterocycles. The Kier molecular flexibility index (Phi) is 7.00. The van der Waals surface area contributed by atoms with Crippen molar-refractivity contribution in [3.05, 3.63) is 90.5 Å². The molecule has 29 heavy (non-hydrogen) atoms. The first-order chi connectivity index (χ1) is 14.2. The summed E-state index contributed by atoms with van der Waals surface area (Å²) in [5.74, 6) is -0.192. The van der Waals surface area contributed by atoms with Gasteiger partial charge in [0.2, 0.25) is 5.91 Å². The van der Waals surface area contributed by atoms with Gasteiger partial charge in [0.25, 0.3) is 0 Å². The quantitative estimate of drug-likeness (QED) is 0.587. The third kappa shape index (κ3) is 5.94. The fourth-order valence-corrected chi connectivity index (χ4v) is 3.03. The molecule has 0 aliphatic heterocycles. The van der Waals surface area contributed by atoms with Gasteiger partial charge in [-0.2, -0.15) is 0 Å². The summed E-state index contributed by atoms with van der Waals surface area (Å²) in [6, 6.07) is 26.6. The monoisotopic (exact) mass is 388 g/mol. The lowest BCUT2D eigenvalue weighted by atomic mass is 10.0. The summed E-state index contributed by atoms with van der Waals surface area (Å²) < 4.78 is 4.97. The molecule has 0 heterocycles. The van der Waals surface area contributed by atoms with Crippen molar-refractivity contribution >= 4 is 17.7 Å². The Balaban J connectivity index is 1.65. The average molecular weight is 388 g/mol. The predicted molar refractivity (Wildman–Crippen MR) is 114 cm³/mol. The third-order valence-corrected chi connectivity index (χ3v) is 4.43. The van der Waals surface area contributed by atoms with Gasteiger partial charge in [0.1, 0.15) is 0 Å². The molecule has 5 nitrogen and oxygen atoms in total. The maximum absolute atomic E-state index is 12.6. The minimum Gasteiger partial charge on any atom is -0.450 e. The molecule has 0 saturated carbocycles. The molecule has 0 fully saturated rings. The number of ether oxygens (including phenoxy) is 1. The largest absolute Gasteiger partial charge is 0.450 e. The normalized spacial score (nSPS) is 11.3. The second kappa shape index (κ2) is 10.1. The summed E-state index contributed by atoms with van der Waals surface area (Å²) in [6.07, 6.45) is -0.440. The summed E-state index contributed by atoms with van der Waals surface area (Å²) >= 11 is 0. The molecule has 0 aliphatic carbocycles. The van der Waals surface area contributed by atoms with Crippen LogP contribution in [0.4, 0.5) is 10.5 Å². The van der Waals surface area contributed by atoms with Crippen molar-refractivity contribution in [1.82, 2.24) is 5.32 Å². The highest BCUT2D eigenvalue weighted by molar-refractivity contribution is 5.91. The molecule has 0 unspecified atom stereocenters. The molecule has 2 amide bonds. The van der Waals surface area contributed by atoms with E-state index in [0.717, 1.165) is 16.7 Å². The van der Waals surface area contributed by atoms with Crippen LogP contribution in [-0.4, -0.2) is 18.6 Å². The van der Waals surface area contributed by atoms with Crippen molar-refractivity contribution in [3.63, 3.8) is 0 Å². The zero-order valence-electron chi connectivity index (χ0n) is 16.3. The van der Waals surface area contributed by atoms with Gasteiger partial charge >= 0.3 is 6.09 Å². The number of benzene rings is 3. The molecule has 0 aliphatic rings. The van der Waals surface area contributed by atoms with E-state index in [-0.39, 0.29) is 18.9 Å². The standard InChI is InChI=1S/C24H24N2O3/c1-2-29-24(28)26-22(20-11-7-4-8-12-20)17-23(27)25-21-15-13-19(14-16-21)18-9-5-3-6-10-18/h3-16,22H,2,17H2,1H3,(H,25,27)(H,26,28)/t22-/m0/s1. The van der Waals surface area contributed by atoms with E-state index in [2.05, 4.69) is 10.6 Å². The first kappa shape index (κ1) is 20.1. The molecule has 3 aromatic rings. The number of carbonyl (C=O) groups is 2. The second-order valence-corrected chi connectivity index (χ2v) is 6.52. The van der Waals surface area contributed by atoms with Crippen LogP contribution in [0.3, 0.4) is 0 Å². The summed E-state index contributed by atoms with van der Waals surface area (Å²) in [4.78, 5) is 24.5. The number of nitrogens with one attached hydrogen (secondary N) is 2. The molecule has 5 heteroatoms. The summed E-state index contributed by atoms with van der Waals surface area (Å²) in [5, 5.41) is 5.65. The highest BCUT2D eigenvalue weighted by Crippen LogP contribution is 2.22. The van der Waals surface area contributed by atoms with E-state index in [4.69, 9.17) is 4.74 Å². The fourth-order valence-electron chi connectivity index (χ4n) is 3.03. The molecule has 0 radical (unpaired) electrons. The van der Waals surface area contributed by atoms with E-state index in [1.54, 1.807) is 6.92 Å². The number of hydrogen-bond donors (Lipinski definition) is 2. The van der Waals surface area contributed by atoms with Crippen molar-refractivity contribution in [2.45, 2.75) is 19.4 Å². The minimum atomic E-state index is -0.540. The summed E-state index contributed by atoms with van der Waals surface area (Å²) in [7, 11) is 0. The van der Waals surface area contributed by atoms with Crippen LogP contribution in [0, 0.1) is 0 Å². The zero-order chi connectivity index (χ0) is 20.5. The zero-order valence-corrected chi connectivity index (χ0v) is 16.3. The number of rotatable bonds is 7. The molecule has 0 bridgehead atoms. The highest BCUT2D eigenvalue weighted by atomic mass is 16.5. The number of anilines is 1. The lowest BCUT2D eigenvalue weighted by Crippen LogP contribution is -2.32. The van der Waals surface area contributed by atoms with Crippen LogP contribution in [0.1, 0.15) is 24.9 Å². The van der Waals surface area contributed by atoms with Crippen LogP contribution in [0.5, 0.6) is 0 Å². The molecule has 3 aromatic carbocycles. The molecule has 0 aromatic heterocycles. The lowest BCUT2D eigenvalue weighted by Gasteiger charge is -2.18. The van der Waals surface area contributed by atoms with Gasteiger partial charge in [-0.15, -0.1) is 0 Å². The molecular weight excluding hydrogens is 364 g/mol. The van der Waals surface area contributed by atoms with Crippen LogP contribution < -0.4 is 10.6 Å². The number of alkyl carbamates (subject to hydrolysis) is 1. The third-order valence-electron chi connectivity index (χ3n) is 4.43. The highest BCUT2D eigenvalue weighted by Gasteiger charge is 2.19. The number of hydrogen-bond acceptors (Lipinski definition) is 3. The maximum atomic E-state index is 12.6. The summed E-state index contributed by atoms with van der Waals surface area (Å²) in [5.41, 5.74) is 3.75. The van der Waals surface area contributed by atoms with Gasteiger partial charge in [-0.3, -0.25) is 4.79 Å². The van der Waals surface area contributed by atoms with Crippen molar-refractivity contribution < 1.29 is 14.3 Å². The number of carbonyl (C=O) groups excluding carboxylic acids is 2. The van der Waals surface area contributed by atoms with E-state index < -0.39 is 12.1 Å². The topological polar surface area (TPSA) is 67.4 Å². The van der Waals surface area contributed by atoms with Crippen LogP contribution in [-0.2, 0) is 9.53 Å². The first-order valence-corrected chi connectivity index (χ1v) is 9.59. The second-order valence-electron chi connectivity index (χ2n) is 6.52. The Morgan fingerprint density at radius 3 is 2.03 bits per heavy atom. The molecule has 3 rings (SSSR count). The molecule has 2 N–H and O–H groups in total. The lowest BCUT2D eigenvalue weighted by molar-refractivity contribution is -0.116. The predicted octanol–water partition coefficient (Wildman–Crippen LogP) is 5.17. The molecular formula is C24H24N2O3. The summed E-state index contributed by atoms with van der Waals surface area (Å²) in [6.45, 7) is 2.01. The van der Waals surface area contributed by atoms with Crippen LogP contribution in [0.25, 0.3) is 11.1 Å². The fraction of sp³-hybridized carbons (Fsp3) is 0.167. The number of amides is 2.